The van der Waals surface area contributed by atoms with Crippen LogP contribution in [-0.4, -0.2) is 29.9 Å². The van der Waals surface area contributed by atoms with Gasteiger partial charge in [-0.15, -0.1) is 0 Å². The molecule has 0 radical (unpaired) electrons. The third-order valence-corrected chi connectivity index (χ3v) is 7.10. The van der Waals surface area contributed by atoms with Crippen molar-refractivity contribution in [2.75, 3.05) is 0 Å². The maximum atomic E-state index is 4.95. The van der Waals surface area contributed by atoms with Gasteiger partial charge in [0, 0.05) is 24.8 Å². The van der Waals surface area contributed by atoms with Gasteiger partial charge in [-0.1, -0.05) is 36.4 Å². The van der Waals surface area contributed by atoms with Gasteiger partial charge >= 0.3 is 0 Å². The average Bonchev–Trinajstić information content (AvgIpc) is 3.09. The Bertz CT molecular complexity index is 1750. The molecule has 0 atom stereocenters. The molecular formula is C37H26N6. The van der Waals surface area contributed by atoms with Crippen molar-refractivity contribution in [3.8, 4) is 67.8 Å². The van der Waals surface area contributed by atoms with Crippen molar-refractivity contribution in [3.63, 3.8) is 0 Å². The van der Waals surface area contributed by atoms with E-state index in [4.69, 9.17) is 9.97 Å². The lowest BCUT2D eigenvalue weighted by atomic mass is 9.95. The van der Waals surface area contributed by atoms with Crippen LogP contribution in [0.2, 0.25) is 0 Å². The van der Waals surface area contributed by atoms with Gasteiger partial charge in [0.15, 0.2) is 0 Å². The first-order valence-electron chi connectivity index (χ1n) is 14.0. The monoisotopic (exact) mass is 554 g/mol. The molecule has 0 aliphatic heterocycles. The van der Waals surface area contributed by atoms with Crippen LogP contribution in [0, 0.1) is 6.92 Å². The molecule has 0 unspecified atom stereocenters. The molecule has 43 heavy (non-hydrogen) atoms. The van der Waals surface area contributed by atoms with Crippen LogP contribution in [0.5, 0.6) is 0 Å². The summed E-state index contributed by atoms with van der Waals surface area (Å²) >= 11 is 0. The first-order chi connectivity index (χ1) is 21.2. The maximum absolute atomic E-state index is 4.95. The molecule has 6 heteroatoms. The SMILES string of the molecule is Cc1cc(-c2cc(-c3ccccn3)nc(-c3ccccn3)c2)cc(-c2cc(-c3ccccn3)nc(-c3ccccn3)c2)c1. The highest BCUT2D eigenvalue weighted by atomic mass is 14.8. The van der Waals surface area contributed by atoms with Crippen LogP contribution in [0.4, 0.5) is 0 Å². The molecule has 6 nitrogen and oxygen atoms in total. The molecule has 0 amide bonds. The van der Waals surface area contributed by atoms with Crippen molar-refractivity contribution in [2.24, 2.45) is 0 Å². The average molecular weight is 555 g/mol. The molecular weight excluding hydrogens is 528 g/mol. The third kappa shape index (κ3) is 5.67. The van der Waals surface area contributed by atoms with Gasteiger partial charge in [-0.05, 0) is 114 Å². The Balaban J connectivity index is 1.40. The number of hydrogen-bond donors (Lipinski definition) is 0. The summed E-state index contributed by atoms with van der Waals surface area (Å²) in [4.78, 5) is 28.2. The zero-order valence-electron chi connectivity index (χ0n) is 23.5. The van der Waals surface area contributed by atoms with E-state index in [2.05, 4.69) is 69.3 Å². The van der Waals surface area contributed by atoms with E-state index in [1.165, 1.54) is 0 Å². The lowest BCUT2D eigenvalue weighted by Gasteiger charge is -2.13. The van der Waals surface area contributed by atoms with Crippen molar-refractivity contribution in [1.29, 1.82) is 0 Å². The number of rotatable bonds is 6. The van der Waals surface area contributed by atoms with Gasteiger partial charge in [0.25, 0.3) is 0 Å². The fraction of sp³-hybridized carbons (Fsp3) is 0.0270. The number of aryl methyl sites for hydroxylation is 1. The summed E-state index contributed by atoms with van der Waals surface area (Å²) in [5.74, 6) is 0. The highest BCUT2D eigenvalue weighted by molar-refractivity contribution is 5.81. The van der Waals surface area contributed by atoms with Gasteiger partial charge in [0.2, 0.25) is 0 Å². The first kappa shape index (κ1) is 26.0. The number of benzene rings is 1. The van der Waals surface area contributed by atoms with Crippen LogP contribution >= 0.6 is 0 Å². The smallest absolute Gasteiger partial charge is 0.0900 e. The predicted octanol–water partition coefficient (Wildman–Crippen LogP) is 8.37. The van der Waals surface area contributed by atoms with Gasteiger partial charge in [0.05, 0.1) is 45.6 Å². The molecule has 0 aliphatic carbocycles. The molecule has 0 aliphatic rings. The second-order valence-corrected chi connectivity index (χ2v) is 10.2. The maximum Gasteiger partial charge on any atom is 0.0900 e. The van der Waals surface area contributed by atoms with Crippen LogP contribution in [0.15, 0.2) is 140 Å². The minimum absolute atomic E-state index is 0.792. The van der Waals surface area contributed by atoms with Crippen LogP contribution in [0.1, 0.15) is 5.56 Å². The molecule has 7 rings (SSSR count). The number of hydrogen-bond acceptors (Lipinski definition) is 6. The van der Waals surface area contributed by atoms with Crippen molar-refractivity contribution >= 4 is 0 Å². The molecule has 0 fully saturated rings. The summed E-state index contributed by atoms with van der Waals surface area (Å²) in [5, 5.41) is 0. The summed E-state index contributed by atoms with van der Waals surface area (Å²) < 4.78 is 0. The van der Waals surface area contributed by atoms with E-state index in [1.54, 1.807) is 24.8 Å². The number of nitrogens with zero attached hydrogens (tertiary/aromatic N) is 6. The normalized spacial score (nSPS) is 10.9. The summed E-state index contributed by atoms with van der Waals surface area (Å²) in [6.45, 7) is 2.12. The summed E-state index contributed by atoms with van der Waals surface area (Å²) in [5.41, 5.74) is 11.8. The topological polar surface area (TPSA) is 77.3 Å². The van der Waals surface area contributed by atoms with E-state index < -0.39 is 0 Å². The lowest BCUT2D eigenvalue weighted by Crippen LogP contribution is -1.95. The zero-order valence-corrected chi connectivity index (χ0v) is 23.5. The first-order valence-corrected chi connectivity index (χ1v) is 14.0. The molecule has 6 heterocycles. The van der Waals surface area contributed by atoms with E-state index in [1.807, 2.05) is 72.8 Å². The number of pyridine rings is 6. The Morgan fingerprint density at radius 1 is 0.326 bits per heavy atom. The second kappa shape index (κ2) is 11.5. The number of aromatic nitrogens is 6. The van der Waals surface area contributed by atoms with Crippen molar-refractivity contribution in [2.45, 2.75) is 6.92 Å². The van der Waals surface area contributed by atoms with Crippen LogP contribution < -0.4 is 0 Å². The Morgan fingerprint density at radius 3 is 0.907 bits per heavy atom. The summed E-state index contributed by atoms with van der Waals surface area (Å²) in [6.07, 6.45) is 7.15. The molecule has 204 valence electrons. The minimum Gasteiger partial charge on any atom is -0.255 e. The van der Waals surface area contributed by atoms with Crippen molar-refractivity contribution < 1.29 is 0 Å². The fourth-order valence-corrected chi connectivity index (χ4v) is 5.09. The summed E-state index contributed by atoms with van der Waals surface area (Å²) in [6, 6.07) is 38.4. The van der Waals surface area contributed by atoms with Gasteiger partial charge in [0.1, 0.15) is 0 Å². The molecule has 0 saturated heterocycles. The van der Waals surface area contributed by atoms with Crippen LogP contribution in [-0.2, 0) is 0 Å². The molecule has 0 bridgehead atoms. The molecule has 1 aromatic carbocycles. The van der Waals surface area contributed by atoms with Gasteiger partial charge < -0.3 is 0 Å². The molecule has 6 aromatic heterocycles. The molecule has 0 N–H and O–H groups in total. The quantitative estimate of drug-likeness (QED) is 0.206. The van der Waals surface area contributed by atoms with E-state index in [0.717, 1.165) is 73.4 Å². The molecule has 0 spiro atoms. The highest BCUT2D eigenvalue weighted by Gasteiger charge is 2.14. The Kier molecular flexibility index (Phi) is 6.99. The van der Waals surface area contributed by atoms with E-state index in [0.29, 0.717) is 0 Å². The van der Waals surface area contributed by atoms with Crippen molar-refractivity contribution in [3.05, 3.63) is 146 Å². The van der Waals surface area contributed by atoms with Crippen LogP contribution in [0.3, 0.4) is 0 Å². The highest BCUT2D eigenvalue weighted by Crippen LogP contribution is 2.34. The van der Waals surface area contributed by atoms with Gasteiger partial charge in [-0.3, -0.25) is 19.9 Å². The summed E-state index contributed by atoms with van der Waals surface area (Å²) in [7, 11) is 0. The standard InChI is InChI=1S/C37H26N6/c1-25-18-26(28-21-34(30-10-2-6-14-38-30)42-35(22-28)31-11-3-7-15-39-31)20-27(19-25)29-23-36(32-12-4-8-16-40-32)43-37(24-29)33-13-5-9-17-41-33/h2-24H,1H3. The molecule has 0 saturated carbocycles. The van der Waals surface area contributed by atoms with Gasteiger partial charge in [-0.25, -0.2) is 9.97 Å². The Labute approximate surface area is 249 Å². The van der Waals surface area contributed by atoms with E-state index >= 15 is 0 Å². The fourth-order valence-electron chi connectivity index (χ4n) is 5.09. The van der Waals surface area contributed by atoms with Crippen LogP contribution in [0.25, 0.3) is 67.8 Å². The van der Waals surface area contributed by atoms with Crippen molar-refractivity contribution in [1.82, 2.24) is 29.9 Å². The third-order valence-electron chi connectivity index (χ3n) is 7.10. The Hall–Kier alpha value is -5.88. The zero-order chi connectivity index (χ0) is 29.0. The minimum atomic E-state index is 0.792. The lowest BCUT2D eigenvalue weighted by molar-refractivity contribution is 1.22. The largest absolute Gasteiger partial charge is 0.255 e. The molecule has 7 aromatic rings. The Morgan fingerprint density at radius 2 is 0.628 bits per heavy atom. The van der Waals surface area contributed by atoms with E-state index in [9.17, 15) is 0 Å². The second-order valence-electron chi connectivity index (χ2n) is 10.2. The predicted molar refractivity (Wildman–Crippen MR) is 171 cm³/mol. The van der Waals surface area contributed by atoms with E-state index in [-0.39, 0.29) is 0 Å². The van der Waals surface area contributed by atoms with Gasteiger partial charge in [-0.2, -0.15) is 0 Å².